The minimum absolute atomic E-state index is 0.433. The Morgan fingerprint density at radius 3 is 2.78 bits per heavy atom. The van der Waals surface area contributed by atoms with Gasteiger partial charge < -0.3 is 10.7 Å². The van der Waals surface area contributed by atoms with Crippen LogP contribution in [0.1, 0.15) is 10.4 Å². The van der Waals surface area contributed by atoms with Gasteiger partial charge in [-0.25, -0.2) is 15.0 Å². The maximum Gasteiger partial charge on any atom is 0.182 e. The van der Waals surface area contributed by atoms with E-state index in [4.69, 9.17) is 5.73 Å². The molecule has 0 aromatic carbocycles. The van der Waals surface area contributed by atoms with Crippen molar-refractivity contribution in [3.8, 4) is 0 Å². The van der Waals surface area contributed by atoms with Crippen LogP contribution in [0.15, 0.2) is 37.2 Å². The second-order valence-corrected chi connectivity index (χ2v) is 3.26. The van der Waals surface area contributed by atoms with Crippen molar-refractivity contribution in [2.75, 3.05) is 5.73 Å². The number of anilines is 1. The van der Waals surface area contributed by atoms with E-state index in [1.54, 1.807) is 18.3 Å². The minimum Gasteiger partial charge on any atom is -0.382 e. The van der Waals surface area contributed by atoms with Crippen LogP contribution < -0.4 is 5.73 Å². The summed E-state index contributed by atoms with van der Waals surface area (Å²) in [7, 11) is 0. The van der Waals surface area contributed by atoms with Crippen LogP contribution in [0.3, 0.4) is 0 Å². The Labute approximate surface area is 102 Å². The number of imidazole rings is 1. The number of H-pyrrole nitrogens is 1. The first-order valence-electron chi connectivity index (χ1n) is 5.06. The number of aromatic amines is 1. The molecule has 90 valence electrons. The molecular formula is C11H10N6O. The highest BCUT2D eigenvalue weighted by Crippen LogP contribution is 2.09. The van der Waals surface area contributed by atoms with Gasteiger partial charge in [0.25, 0.3) is 0 Å². The van der Waals surface area contributed by atoms with E-state index >= 15 is 0 Å². The average molecular weight is 242 g/mol. The fourth-order valence-electron chi connectivity index (χ4n) is 1.23. The third kappa shape index (κ3) is 2.64. The van der Waals surface area contributed by atoms with E-state index in [2.05, 4.69) is 24.9 Å². The Balaban J connectivity index is 0.000000138. The highest BCUT2D eigenvalue weighted by atomic mass is 16.1. The van der Waals surface area contributed by atoms with Crippen molar-refractivity contribution in [1.29, 1.82) is 0 Å². The highest BCUT2D eigenvalue weighted by molar-refractivity contribution is 5.80. The van der Waals surface area contributed by atoms with Gasteiger partial charge in [-0.2, -0.15) is 0 Å². The number of nitrogens with one attached hydrogen (secondary N) is 1. The quantitative estimate of drug-likeness (QED) is 0.611. The second kappa shape index (κ2) is 5.48. The molecule has 0 atom stereocenters. The van der Waals surface area contributed by atoms with Crippen LogP contribution in [0.2, 0.25) is 0 Å². The van der Waals surface area contributed by atoms with E-state index in [1.807, 2.05) is 0 Å². The number of hydrogen-bond donors (Lipinski definition) is 2. The first-order chi connectivity index (χ1) is 8.81. The lowest BCUT2D eigenvalue weighted by atomic mass is 10.3. The summed E-state index contributed by atoms with van der Waals surface area (Å²) in [4.78, 5) is 28.1. The summed E-state index contributed by atoms with van der Waals surface area (Å²) in [5.41, 5.74) is 7.40. The van der Waals surface area contributed by atoms with Gasteiger partial charge in [-0.15, -0.1) is 0 Å². The number of aldehydes is 1. The number of nitrogen functional groups attached to an aromatic ring is 1. The van der Waals surface area contributed by atoms with Gasteiger partial charge in [0.2, 0.25) is 0 Å². The van der Waals surface area contributed by atoms with Crippen LogP contribution in [-0.2, 0) is 0 Å². The van der Waals surface area contributed by atoms with Gasteiger partial charge in [0, 0.05) is 18.0 Å². The summed E-state index contributed by atoms with van der Waals surface area (Å²) >= 11 is 0. The number of fused-ring (bicyclic) bond motifs is 1. The van der Waals surface area contributed by atoms with Crippen LogP contribution in [0.4, 0.5) is 5.82 Å². The molecule has 0 aliphatic carbocycles. The minimum atomic E-state index is 0.433. The third-order valence-corrected chi connectivity index (χ3v) is 2.07. The molecule has 3 aromatic rings. The molecule has 0 amide bonds. The number of carbonyl (C=O) groups excluding carboxylic acids is 1. The van der Waals surface area contributed by atoms with Gasteiger partial charge in [0.15, 0.2) is 17.8 Å². The van der Waals surface area contributed by atoms with E-state index in [-0.39, 0.29) is 0 Å². The molecule has 0 radical (unpaired) electrons. The van der Waals surface area contributed by atoms with E-state index in [1.165, 1.54) is 18.9 Å². The highest BCUT2D eigenvalue weighted by Gasteiger charge is 1.99. The normalized spacial score (nSPS) is 9.56. The molecule has 0 saturated heterocycles. The number of carbonyl (C=O) groups is 1. The van der Waals surface area contributed by atoms with Gasteiger partial charge >= 0.3 is 0 Å². The molecule has 0 aliphatic rings. The van der Waals surface area contributed by atoms with Crippen molar-refractivity contribution in [2.24, 2.45) is 0 Å². The van der Waals surface area contributed by atoms with Gasteiger partial charge in [0.05, 0.1) is 6.33 Å². The van der Waals surface area contributed by atoms with Crippen LogP contribution in [-0.4, -0.2) is 31.2 Å². The largest absolute Gasteiger partial charge is 0.382 e. The molecule has 7 nitrogen and oxygen atoms in total. The molecule has 18 heavy (non-hydrogen) atoms. The van der Waals surface area contributed by atoms with Crippen molar-refractivity contribution in [3.05, 3.63) is 42.7 Å². The first-order valence-corrected chi connectivity index (χ1v) is 5.06. The number of nitrogens with two attached hydrogens (primary N) is 1. The summed E-state index contributed by atoms with van der Waals surface area (Å²) in [6, 6.07) is 3.43. The fourth-order valence-corrected chi connectivity index (χ4v) is 1.23. The summed E-state index contributed by atoms with van der Waals surface area (Å²) in [6.07, 6.45) is 6.85. The predicted molar refractivity (Wildman–Crippen MR) is 65.7 cm³/mol. The number of nitrogens with zero attached hydrogens (tertiary/aromatic N) is 4. The van der Waals surface area contributed by atoms with Gasteiger partial charge in [-0.05, 0) is 12.1 Å². The second-order valence-electron chi connectivity index (χ2n) is 3.26. The molecule has 3 N–H and O–H groups in total. The van der Waals surface area contributed by atoms with Crippen molar-refractivity contribution in [2.45, 2.75) is 0 Å². The maximum atomic E-state index is 9.97. The molecule has 7 heteroatoms. The zero-order chi connectivity index (χ0) is 12.8. The Kier molecular flexibility index (Phi) is 3.55. The molecule has 0 unspecified atom stereocenters. The Hall–Kier alpha value is -2.83. The smallest absolute Gasteiger partial charge is 0.182 e. The molecule has 3 heterocycles. The van der Waals surface area contributed by atoms with Crippen LogP contribution in [0, 0.1) is 0 Å². The third-order valence-electron chi connectivity index (χ3n) is 2.07. The summed E-state index contributed by atoms with van der Waals surface area (Å²) in [5, 5.41) is 0. The van der Waals surface area contributed by atoms with Crippen LogP contribution in [0.5, 0.6) is 0 Å². The average Bonchev–Trinajstić information content (AvgIpc) is 2.90. The Morgan fingerprint density at radius 1 is 1.28 bits per heavy atom. The molecule has 0 fully saturated rings. The Morgan fingerprint density at radius 2 is 2.17 bits per heavy atom. The SMILES string of the molecule is Nc1ncnc2nc[nH]c12.O=Cc1cccnc1. The van der Waals surface area contributed by atoms with Gasteiger partial charge in [-0.3, -0.25) is 9.78 Å². The van der Waals surface area contributed by atoms with Gasteiger partial charge in [0.1, 0.15) is 11.8 Å². The summed E-state index contributed by atoms with van der Waals surface area (Å²) < 4.78 is 0. The number of hydrogen-bond acceptors (Lipinski definition) is 6. The molecular weight excluding hydrogens is 232 g/mol. The van der Waals surface area contributed by atoms with E-state index in [0.29, 0.717) is 22.5 Å². The lowest BCUT2D eigenvalue weighted by Gasteiger charge is -1.89. The molecule has 3 rings (SSSR count). The van der Waals surface area contributed by atoms with Crippen molar-refractivity contribution in [3.63, 3.8) is 0 Å². The lowest BCUT2D eigenvalue weighted by molar-refractivity contribution is 0.112. The number of rotatable bonds is 1. The zero-order valence-electron chi connectivity index (χ0n) is 9.32. The Bertz CT molecular complexity index is 636. The molecule has 3 aromatic heterocycles. The fraction of sp³-hybridized carbons (Fsp3) is 0. The summed E-state index contributed by atoms with van der Waals surface area (Å²) in [6.45, 7) is 0. The monoisotopic (exact) mass is 242 g/mol. The van der Waals surface area contributed by atoms with Gasteiger partial charge in [-0.1, -0.05) is 0 Å². The molecule has 0 spiro atoms. The van der Waals surface area contributed by atoms with Crippen molar-refractivity contribution in [1.82, 2.24) is 24.9 Å². The van der Waals surface area contributed by atoms with Crippen molar-refractivity contribution >= 4 is 23.3 Å². The number of aromatic nitrogens is 5. The number of pyridine rings is 1. The predicted octanol–water partition coefficient (Wildman–Crippen LogP) is 0.829. The van der Waals surface area contributed by atoms with E-state index in [9.17, 15) is 4.79 Å². The first kappa shape index (κ1) is 11.6. The molecule has 0 saturated carbocycles. The van der Waals surface area contributed by atoms with E-state index in [0.717, 1.165) is 6.29 Å². The molecule has 0 bridgehead atoms. The van der Waals surface area contributed by atoms with E-state index < -0.39 is 0 Å². The standard InChI is InChI=1S/C6H5NO.C5H5N5/c8-5-6-2-1-3-7-4-6;6-4-3-5(9-1-7-3)10-2-8-4/h1-5H;1-2H,(H3,6,7,8,9,10). The van der Waals surface area contributed by atoms with Crippen LogP contribution >= 0.6 is 0 Å². The maximum absolute atomic E-state index is 9.97. The topological polar surface area (TPSA) is 110 Å². The van der Waals surface area contributed by atoms with Crippen LogP contribution in [0.25, 0.3) is 11.2 Å². The lowest BCUT2D eigenvalue weighted by Crippen LogP contribution is -1.91. The summed E-state index contributed by atoms with van der Waals surface area (Å²) in [5.74, 6) is 0.433. The van der Waals surface area contributed by atoms with Crippen molar-refractivity contribution < 1.29 is 4.79 Å². The molecule has 0 aliphatic heterocycles. The zero-order valence-corrected chi connectivity index (χ0v) is 9.32.